The molecule has 3 rings (SSSR count). The largest absolute Gasteiger partial charge is 0.495 e. The van der Waals surface area contributed by atoms with Gasteiger partial charge < -0.3 is 19.5 Å². The van der Waals surface area contributed by atoms with Gasteiger partial charge in [0.1, 0.15) is 16.4 Å². The lowest BCUT2D eigenvalue weighted by Gasteiger charge is -2.09. The highest BCUT2D eigenvalue weighted by atomic mass is 35.5. The molecule has 0 fully saturated rings. The van der Waals surface area contributed by atoms with Crippen molar-refractivity contribution in [3.8, 4) is 5.75 Å². The van der Waals surface area contributed by atoms with Gasteiger partial charge in [0.15, 0.2) is 6.61 Å². The summed E-state index contributed by atoms with van der Waals surface area (Å²) in [6, 6.07) is 9.32. The highest BCUT2D eigenvalue weighted by Gasteiger charge is 2.22. The van der Waals surface area contributed by atoms with E-state index in [0.717, 1.165) is 11.3 Å². The highest BCUT2D eigenvalue weighted by molar-refractivity contribution is 7.21. The Kier molecular flexibility index (Phi) is 6.68. The molecule has 0 unspecified atom stereocenters. The van der Waals surface area contributed by atoms with E-state index in [1.54, 1.807) is 24.3 Å². The van der Waals surface area contributed by atoms with Gasteiger partial charge in [-0.05, 0) is 30.3 Å². The van der Waals surface area contributed by atoms with Crippen molar-refractivity contribution < 1.29 is 28.2 Å². The van der Waals surface area contributed by atoms with Gasteiger partial charge in [-0.15, -0.1) is 11.3 Å². The topological polar surface area (TPSA) is 73.9 Å². The van der Waals surface area contributed by atoms with Gasteiger partial charge in [0.25, 0.3) is 5.91 Å². The van der Waals surface area contributed by atoms with Crippen LogP contribution >= 0.6 is 22.9 Å². The molecule has 6 nitrogen and oxygen atoms in total. The van der Waals surface area contributed by atoms with Gasteiger partial charge in [0.2, 0.25) is 0 Å². The molecule has 1 amide bonds. The van der Waals surface area contributed by atoms with Crippen LogP contribution in [0.25, 0.3) is 10.1 Å². The number of hydrogen-bond donors (Lipinski definition) is 1. The first kappa shape index (κ1) is 21.0. The molecule has 3 aromatic rings. The van der Waals surface area contributed by atoms with Gasteiger partial charge in [0.05, 0.1) is 18.7 Å². The van der Waals surface area contributed by atoms with Crippen LogP contribution in [-0.2, 0) is 20.9 Å². The summed E-state index contributed by atoms with van der Waals surface area (Å²) in [5, 5.41) is 3.23. The SMILES string of the molecule is COCc1c(C(=O)OCC(=O)Nc2ccc(OC)c(Cl)c2)sc2cccc(F)c12. The number of thiophene rings is 1. The maximum absolute atomic E-state index is 14.2. The van der Waals surface area contributed by atoms with Crippen molar-refractivity contribution in [1.29, 1.82) is 0 Å². The van der Waals surface area contributed by atoms with Gasteiger partial charge >= 0.3 is 5.97 Å². The van der Waals surface area contributed by atoms with Crippen LogP contribution < -0.4 is 10.1 Å². The molecule has 0 aliphatic carbocycles. The number of amides is 1. The highest BCUT2D eigenvalue weighted by Crippen LogP contribution is 2.34. The van der Waals surface area contributed by atoms with Crippen molar-refractivity contribution in [2.75, 3.05) is 26.1 Å². The number of benzene rings is 2. The molecule has 0 spiro atoms. The number of anilines is 1. The number of rotatable bonds is 7. The van der Waals surface area contributed by atoms with E-state index in [2.05, 4.69) is 5.32 Å². The minimum atomic E-state index is -0.722. The minimum absolute atomic E-state index is 0.0436. The fraction of sp³-hybridized carbons (Fsp3) is 0.200. The van der Waals surface area contributed by atoms with Crippen molar-refractivity contribution in [1.82, 2.24) is 0 Å². The first-order valence-corrected chi connectivity index (χ1v) is 9.63. The molecule has 29 heavy (non-hydrogen) atoms. The molecular formula is C20H17ClFNO5S. The second-order valence-corrected chi connectivity index (χ2v) is 7.39. The fourth-order valence-electron chi connectivity index (χ4n) is 2.75. The molecule has 0 saturated heterocycles. The lowest BCUT2D eigenvalue weighted by molar-refractivity contribution is -0.119. The van der Waals surface area contributed by atoms with Crippen molar-refractivity contribution in [3.63, 3.8) is 0 Å². The van der Waals surface area contributed by atoms with Crippen molar-refractivity contribution in [3.05, 3.63) is 57.7 Å². The summed E-state index contributed by atoms with van der Waals surface area (Å²) in [5.41, 5.74) is 0.832. The van der Waals surface area contributed by atoms with E-state index in [4.69, 9.17) is 25.8 Å². The Morgan fingerprint density at radius 2 is 2.00 bits per heavy atom. The molecule has 1 heterocycles. The predicted molar refractivity (Wildman–Crippen MR) is 109 cm³/mol. The van der Waals surface area contributed by atoms with Gasteiger partial charge in [-0.3, -0.25) is 4.79 Å². The summed E-state index contributed by atoms with van der Waals surface area (Å²) in [6.45, 7) is -0.465. The Morgan fingerprint density at radius 1 is 1.21 bits per heavy atom. The number of hydrogen-bond acceptors (Lipinski definition) is 6. The predicted octanol–water partition coefficient (Wildman–Crippen LogP) is 4.64. The van der Waals surface area contributed by atoms with Gasteiger partial charge in [-0.25, -0.2) is 9.18 Å². The lowest BCUT2D eigenvalue weighted by atomic mass is 10.1. The molecule has 1 aromatic heterocycles. The van der Waals surface area contributed by atoms with E-state index >= 15 is 0 Å². The summed E-state index contributed by atoms with van der Waals surface area (Å²) in [6.07, 6.45) is 0. The second kappa shape index (κ2) is 9.21. The number of carbonyl (C=O) groups excluding carboxylic acids is 2. The molecule has 0 radical (unpaired) electrons. The summed E-state index contributed by atoms with van der Waals surface area (Å²) < 4.78 is 30.1. The van der Waals surface area contributed by atoms with Crippen LogP contribution in [0.15, 0.2) is 36.4 Å². The lowest BCUT2D eigenvalue weighted by Crippen LogP contribution is -2.21. The Morgan fingerprint density at radius 3 is 2.69 bits per heavy atom. The van der Waals surface area contributed by atoms with E-state index in [1.165, 1.54) is 26.4 Å². The molecule has 152 valence electrons. The van der Waals surface area contributed by atoms with Crippen LogP contribution in [0.3, 0.4) is 0 Å². The molecule has 0 atom stereocenters. The van der Waals surface area contributed by atoms with E-state index in [0.29, 0.717) is 32.1 Å². The Labute approximate surface area is 175 Å². The Hall–Kier alpha value is -2.68. The monoisotopic (exact) mass is 437 g/mol. The summed E-state index contributed by atoms with van der Waals surface area (Å²) in [7, 11) is 2.93. The van der Waals surface area contributed by atoms with Crippen molar-refractivity contribution in [2.45, 2.75) is 6.61 Å². The molecule has 0 bridgehead atoms. The maximum atomic E-state index is 14.2. The molecule has 9 heteroatoms. The summed E-state index contributed by atoms with van der Waals surface area (Å²) in [5.74, 6) is -1.24. The summed E-state index contributed by atoms with van der Waals surface area (Å²) in [4.78, 5) is 24.8. The molecular weight excluding hydrogens is 421 g/mol. The van der Waals surface area contributed by atoms with E-state index in [-0.39, 0.29) is 11.5 Å². The van der Waals surface area contributed by atoms with E-state index < -0.39 is 24.3 Å². The third-order valence-corrected chi connectivity index (χ3v) is 5.48. The van der Waals surface area contributed by atoms with Crippen molar-refractivity contribution in [2.24, 2.45) is 0 Å². The van der Waals surface area contributed by atoms with Gasteiger partial charge in [-0.1, -0.05) is 17.7 Å². The van der Waals surface area contributed by atoms with Crippen molar-refractivity contribution >= 4 is 50.6 Å². The first-order valence-electron chi connectivity index (χ1n) is 8.44. The van der Waals surface area contributed by atoms with Crippen LogP contribution in [0.4, 0.5) is 10.1 Å². The number of nitrogens with one attached hydrogen (secondary N) is 1. The van der Waals surface area contributed by atoms with E-state index in [9.17, 15) is 14.0 Å². The summed E-state index contributed by atoms with van der Waals surface area (Å²) >= 11 is 7.11. The van der Waals surface area contributed by atoms with Crippen LogP contribution in [0.1, 0.15) is 15.2 Å². The molecule has 0 aliphatic rings. The normalized spacial score (nSPS) is 10.8. The maximum Gasteiger partial charge on any atom is 0.349 e. The first-order chi connectivity index (χ1) is 13.9. The number of carbonyl (C=O) groups is 2. The van der Waals surface area contributed by atoms with E-state index in [1.807, 2.05) is 0 Å². The van der Waals surface area contributed by atoms with Gasteiger partial charge in [0, 0.05) is 28.4 Å². The number of halogens is 2. The zero-order chi connectivity index (χ0) is 21.0. The third-order valence-electron chi connectivity index (χ3n) is 4.01. The van der Waals surface area contributed by atoms with Crippen LogP contribution in [0, 0.1) is 5.82 Å². The van der Waals surface area contributed by atoms with Crippen LogP contribution in [-0.4, -0.2) is 32.7 Å². The molecule has 0 aliphatic heterocycles. The average molecular weight is 438 g/mol. The number of esters is 1. The fourth-order valence-corrected chi connectivity index (χ4v) is 4.13. The van der Waals surface area contributed by atoms with Gasteiger partial charge in [-0.2, -0.15) is 0 Å². The van der Waals surface area contributed by atoms with Crippen LogP contribution in [0.5, 0.6) is 5.75 Å². The number of fused-ring (bicyclic) bond motifs is 1. The minimum Gasteiger partial charge on any atom is -0.495 e. The zero-order valence-electron chi connectivity index (χ0n) is 15.6. The number of methoxy groups -OCH3 is 2. The standard InChI is InChI=1S/C20H17ClFNO5S/c1-26-9-12-18-14(22)4-3-5-16(18)29-19(12)20(25)28-10-17(24)23-11-6-7-15(27-2)13(21)8-11/h3-8H,9-10H2,1-2H3,(H,23,24). The third kappa shape index (κ3) is 4.67. The quantitative estimate of drug-likeness (QED) is 0.545. The second-order valence-electron chi connectivity index (χ2n) is 5.93. The van der Waals surface area contributed by atoms with Crippen LogP contribution in [0.2, 0.25) is 5.02 Å². The average Bonchev–Trinajstić information content (AvgIpc) is 3.06. The molecule has 2 aromatic carbocycles. The number of ether oxygens (including phenoxy) is 3. The zero-order valence-corrected chi connectivity index (χ0v) is 17.2. The smallest absolute Gasteiger partial charge is 0.349 e. The molecule has 1 N–H and O–H groups in total. The molecule has 0 saturated carbocycles. The Bertz CT molecular complexity index is 1070. The Balaban J connectivity index is 1.70.